The lowest BCUT2D eigenvalue weighted by Crippen LogP contribution is -2.51. The molecular formula is C20H26N2O3. The third-order valence-electron chi connectivity index (χ3n) is 6.00. The highest BCUT2D eigenvalue weighted by atomic mass is 16.3. The molecule has 5 heteroatoms. The molecule has 0 aromatic heterocycles. The molecule has 134 valence electrons. The lowest BCUT2D eigenvalue weighted by Gasteiger charge is -2.35. The third-order valence-corrected chi connectivity index (χ3v) is 6.00. The molecule has 1 saturated carbocycles. The van der Waals surface area contributed by atoms with E-state index in [1.807, 2.05) is 11.0 Å². The number of fused-ring (bicyclic) bond motifs is 1. The van der Waals surface area contributed by atoms with E-state index in [0.29, 0.717) is 37.7 Å². The Kier molecular flexibility index (Phi) is 4.18. The molecule has 1 aliphatic heterocycles. The van der Waals surface area contributed by atoms with Crippen molar-refractivity contribution in [3.63, 3.8) is 0 Å². The molecule has 1 saturated heterocycles. The summed E-state index contributed by atoms with van der Waals surface area (Å²) in [6.45, 7) is 4.39. The molecule has 4 rings (SSSR count). The van der Waals surface area contributed by atoms with E-state index in [0.717, 1.165) is 32.1 Å². The van der Waals surface area contributed by atoms with Gasteiger partial charge in [-0.1, -0.05) is 6.92 Å². The van der Waals surface area contributed by atoms with Gasteiger partial charge in [0.05, 0.1) is 5.56 Å². The number of piperazine rings is 1. The molecule has 1 aromatic rings. The second kappa shape index (κ2) is 6.36. The van der Waals surface area contributed by atoms with Gasteiger partial charge in [0.2, 0.25) is 5.91 Å². The zero-order valence-electron chi connectivity index (χ0n) is 14.8. The molecule has 3 aliphatic rings. The standard InChI is InChI=1S/C20H26N2O3/c1-13-10-16(13)19(24)21-6-8-22(9-7-21)20(25)17-11-14-4-2-3-5-15(14)12-18(17)23/h11-13,16,23H,2-10H2,1H3/t13-,16+/m1/s1. The maximum absolute atomic E-state index is 12.8. The number of phenols is 1. The van der Waals surface area contributed by atoms with E-state index < -0.39 is 0 Å². The van der Waals surface area contributed by atoms with Gasteiger partial charge in [0, 0.05) is 32.1 Å². The summed E-state index contributed by atoms with van der Waals surface area (Å²) in [7, 11) is 0. The van der Waals surface area contributed by atoms with Crippen LogP contribution in [0.15, 0.2) is 12.1 Å². The topological polar surface area (TPSA) is 60.9 Å². The fourth-order valence-electron chi connectivity index (χ4n) is 4.14. The van der Waals surface area contributed by atoms with Gasteiger partial charge in [-0.05, 0) is 61.3 Å². The Morgan fingerprint density at radius 1 is 1.00 bits per heavy atom. The fraction of sp³-hybridized carbons (Fsp3) is 0.600. The number of amides is 2. The van der Waals surface area contributed by atoms with Gasteiger partial charge < -0.3 is 14.9 Å². The van der Waals surface area contributed by atoms with Crippen LogP contribution in [0.3, 0.4) is 0 Å². The molecule has 2 amide bonds. The van der Waals surface area contributed by atoms with Gasteiger partial charge in [0.25, 0.3) is 5.91 Å². The van der Waals surface area contributed by atoms with Gasteiger partial charge in [-0.25, -0.2) is 0 Å². The number of aromatic hydroxyl groups is 1. The van der Waals surface area contributed by atoms with Crippen molar-refractivity contribution in [2.45, 2.75) is 39.0 Å². The van der Waals surface area contributed by atoms with E-state index in [2.05, 4.69) is 6.92 Å². The largest absolute Gasteiger partial charge is 0.507 e. The summed E-state index contributed by atoms with van der Waals surface area (Å²) in [5, 5.41) is 10.3. The first kappa shape index (κ1) is 16.4. The van der Waals surface area contributed by atoms with E-state index in [1.165, 1.54) is 11.1 Å². The summed E-state index contributed by atoms with van der Waals surface area (Å²) >= 11 is 0. The highest BCUT2D eigenvalue weighted by Crippen LogP contribution is 2.39. The lowest BCUT2D eigenvalue weighted by atomic mass is 9.89. The second-order valence-corrected chi connectivity index (χ2v) is 7.78. The number of rotatable bonds is 2. The van der Waals surface area contributed by atoms with Crippen LogP contribution in [0.25, 0.3) is 0 Å². The van der Waals surface area contributed by atoms with Crippen LogP contribution in [-0.4, -0.2) is 52.9 Å². The molecule has 2 atom stereocenters. The molecule has 5 nitrogen and oxygen atoms in total. The minimum atomic E-state index is -0.113. The summed E-state index contributed by atoms with van der Waals surface area (Å²) in [6.07, 6.45) is 5.26. The third kappa shape index (κ3) is 3.12. The summed E-state index contributed by atoms with van der Waals surface area (Å²) in [5.41, 5.74) is 2.79. The maximum atomic E-state index is 12.8. The van der Waals surface area contributed by atoms with Gasteiger partial charge in [-0.15, -0.1) is 0 Å². The molecule has 0 radical (unpaired) electrons. The maximum Gasteiger partial charge on any atom is 0.257 e. The van der Waals surface area contributed by atoms with Crippen LogP contribution >= 0.6 is 0 Å². The quantitative estimate of drug-likeness (QED) is 0.896. The Balaban J connectivity index is 1.43. The number of carbonyl (C=O) groups is 2. The smallest absolute Gasteiger partial charge is 0.257 e. The lowest BCUT2D eigenvalue weighted by molar-refractivity contribution is -0.134. The zero-order chi connectivity index (χ0) is 17.6. The SMILES string of the molecule is C[C@@H]1C[C@@H]1C(=O)N1CCN(C(=O)c2cc3c(cc2O)CCCC3)CC1. The first-order valence-electron chi connectivity index (χ1n) is 9.47. The second-order valence-electron chi connectivity index (χ2n) is 7.78. The molecule has 0 bridgehead atoms. The number of benzene rings is 1. The number of nitrogens with zero attached hydrogens (tertiary/aromatic N) is 2. The highest BCUT2D eigenvalue weighted by molar-refractivity contribution is 5.97. The molecule has 0 unspecified atom stereocenters. The van der Waals surface area contributed by atoms with Crippen LogP contribution in [0.4, 0.5) is 0 Å². The molecule has 2 aliphatic carbocycles. The van der Waals surface area contributed by atoms with Gasteiger partial charge in [0.15, 0.2) is 0 Å². The number of hydrogen-bond donors (Lipinski definition) is 1. The Morgan fingerprint density at radius 2 is 1.56 bits per heavy atom. The molecule has 0 spiro atoms. The molecular weight excluding hydrogens is 316 g/mol. The van der Waals surface area contributed by atoms with Crippen molar-refractivity contribution in [2.24, 2.45) is 11.8 Å². The Labute approximate surface area is 148 Å². The van der Waals surface area contributed by atoms with E-state index in [4.69, 9.17) is 0 Å². The number of phenolic OH excluding ortho intramolecular Hbond substituents is 1. The normalized spacial score (nSPS) is 25.5. The predicted molar refractivity (Wildman–Crippen MR) is 94.5 cm³/mol. The average molecular weight is 342 g/mol. The molecule has 25 heavy (non-hydrogen) atoms. The van der Waals surface area contributed by atoms with Crippen LogP contribution in [0.2, 0.25) is 0 Å². The van der Waals surface area contributed by atoms with Crippen molar-refractivity contribution in [3.8, 4) is 5.75 Å². The van der Waals surface area contributed by atoms with Gasteiger partial charge in [-0.3, -0.25) is 9.59 Å². The van der Waals surface area contributed by atoms with Crippen LogP contribution in [0.1, 0.15) is 47.7 Å². The fourth-order valence-corrected chi connectivity index (χ4v) is 4.14. The van der Waals surface area contributed by atoms with Gasteiger partial charge in [0.1, 0.15) is 5.75 Å². The Morgan fingerprint density at radius 3 is 2.16 bits per heavy atom. The van der Waals surface area contributed by atoms with Crippen molar-refractivity contribution in [2.75, 3.05) is 26.2 Å². The van der Waals surface area contributed by atoms with E-state index in [1.54, 1.807) is 11.0 Å². The summed E-state index contributed by atoms with van der Waals surface area (Å²) in [4.78, 5) is 28.8. The van der Waals surface area contributed by atoms with Gasteiger partial charge in [-0.2, -0.15) is 0 Å². The Hall–Kier alpha value is -2.04. The minimum Gasteiger partial charge on any atom is -0.507 e. The van der Waals surface area contributed by atoms with Crippen molar-refractivity contribution < 1.29 is 14.7 Å². The van der Waals surface area contributed by atoms with Crippen molar-refractivity contribution in [1.82, 2.24) is 9.80 Å². The van der Waals surface area contributed by atoms with Crippen molar-refractivity contribution in [1.29, 1.82) is 0 Å². The zero-order valence-corrected chi connectivity index (χ0v) is 14.8. The predicted octanol–water partition coefficient (Wildman–Crippen LogP) is 2.21. The number of carbonyl (C=O) groups excluding carboxylic acids is 2. The summed E-state index contributed by atoms with van der Waals surface area (Å²) in [6, 6.07) is 3.66. The van der Waals surface area contributed by atoms with Crippen LogP contribution in [0.5, 0.6) is 5.75 Å². The Bertz CT molecular complexity index is 707. The molecule has 1 aromatic carbocycles. The highest BCUT2D eigenvalue weighted by Gasteiger charge is 2.42. The van der Waals surface area contributed by atoms with Gasteiger partial charge >= 0.3 is 0 Å². The van der Waals surface area contributed by atoms with Crippen LogP contribution in [-0.2, 0) is 17.6 Å². The van der Waals surface area contributed by atoms with Crippen molar-refractivity contribution in [3.05, 3.63) is 28.8 Å². The monoisotopic (exact) mass is 342 g/mol. The summed E-state index contributed by atoms with van der Waals surface area (Å²) < 4.78 is 0. The van der Waals surface area contributed by atoms with Crippen LogP contribution in [0, 0.1) is 11.8 Å². The molecule has 2 fully saturated rings. The van der Waals surface area contributed by atoms with E-state index in [9.17, 15) is 14.7 Å². The first-order valence-corrected chi connectivity index (χ1v) is 9.47. The summed E-state index contributed by atoms with van der Waals surface area (Å²) in [5.74, 6) is 0.941. The minimum absolute atomic E-state index is 0.0935. The molecule has 1 N–H and O–H groups in total. The first-order chi connectivity index (χ1) is 12.0. The van der Waals surface area contributed by atoms with E-state index >= 15 is 0 Å². The number of aryl methyl sites for hydroxylation is 2. The van der Waals surface area contributed by atoms with E-state index in [-0.39, 0.29) is 23.5 Å². The average Bonchev–Trinajstić information content (AvgIpc) is 3.37. The number of hydrogen-bond acceptors (Lipinski definition) is 3. The van der Waals surface area contributed by atoms with Crippen LogP contribution < -0.4 is 0 Å². The van der Waals surface area contributed by atoms with Crippen molar-refractivity contribution >= 4 is 11.8 Å². The molecule has 1 heterocycles.